The molecule has 0 aromatic heterocycles. The second-order valence-electron chi connectivity index (χ2n) is 7.31. The number of carbonyl (C=O) groups is 3. The summed E-state index contributed by atoms with van der Waals surface area (Å²) in [6.07, 6.45) is -4.19. The van der Waals surface area contributed by atoms with E-state index >= 15 is 0 Å². The maximum atomic E-state index is 12.8. The van der Waals surface area contributed by atoms with Crippen molar-refractivity contribution in [3.63, 3.8) is 0 Å². The number of nitrogens with one attached hydrogen (secondary N) is 1. The number of carbonyl (C=O) groups excluding carboxylic acids is 3. The Labute approximate surface area is 176 Å². The zero-order chi connectivity index (χ0) is 21.1. The van der Waals surface area contributed by atoms with E-state index in [-0.39, 0.29) is 33.5 Å². The van der Waals surface area contributed by atoms with Gasteiger partial charge in [0.2, 0.25) is 0 Å². The van der Waals surface area contributed by atoms with Crippen LogP contribution in [0.5, 0.6) is 0 Å². The third kappa shape index (κ3) is 3.50. The van der Waals surface area contributed by atoms with E-state index in [9.17, 15) is 27.6 Å². The van der Waals surface area contributed by atoms with Crippen molar-refractivity contribution in [2.24, 2.45) is 23.7 Å². The first kappa shape index (κ1) is 20.5. The fraction of sp³-hybridized carbons (Fsp3) is 0.500. The number of ether oxygens (including phenoxy) is 2. The van der Waals surface area contributed by atoms with Gasteiger partial charge < -0.3 is 14.8 Å². The Morgan fingerprint density at radius 2 is 2.03 bits per heavy atom. The van der Waals surface area contributed by atoms with E-state index in [0.29, 0.717) is 12.5 Å². The highest BCUT2D eigenvalue weighted by atomic mass is 79.9. The minimum atomic E-state index is -4.60. The van der Waals surface area contributed by atoms with Crippen molar-refractivity contribution in [2.45, 2.75) is 23.5 Å². The summed E-state index contributed by atoms with van der Waals surface area (Å²) in [5.41, 5.74) is -1.22. The number of esters is 2. The van der Waals surface area contributed by atoms with Gasteiger partial charge in [0.15, 0.2) is 6.61 Å². The maximum Gasteiger partial charge on any atom is 0.416 e. The summed E-state index contributed by atoms with van der Waals surface area (Å²) in [5, 5.41) is 2.11. The number of alkyl halides is 4. The molecule has 1 amide bonds. The Morgan fingerprint density at radius 3 is 2.72 bits per heavy atom. The molecule has 156 valence electrons. The highest BCUT2D eigenvalue weighted by molar-refractivity contribution is 9.09. The molecule has 4 rings (SSSR count). The first-order valence-electron chi connectivity index (χ1n) is 8.75. The van der Waals surface area contributed by atoms with Gasteiger partial charge in [0, 0.05) is 5.92 Å². The van der Waals surface area contributed by atoms with E-state index in [2.05, 4.69) is 21.2 Å². The van der Waals surface area contributed by atoms with Crippen LogP contribution >= 0.6 is 27.5 Å². The van der Waals surface area contributed by atoms with Crippen molar-refractivity contribution >= 4 is 51.1 Å². The van der Waals surface area contributed by atoms with Gasteiger partial charge in [-0.2, -0.15) is 13.2 Å². The topological polar surface area (TPSA) is 81.7 Å². The molecule has 11 heteroatoms. The van der Waals surface area contributed by atoms with Gasteiger partial charge in [0.05, 0.1) is 32.9 Å². The molecule has 1 aliphatic heterocycles. The van der Waals surface area contributed by atoms with Crippen LogP contribution < -0.4 is 5.32 Å². The van der Waals surface area contributed by atoms with Crippen LogP contribution in [0, 0.1) is 23.7 Å². The third-order valence-electron chi connectivity index (χ3n) is 5.71. The smallest absolute Gasteiger partial charge is 0.416 e. The lowest BCUT2D eigenvalue weighted by Crippen LogP contribution is -2.39. The summed E-state index contributed by atoms with van der Waals surface area (Å²) in [5.74, 6) is -3.44. The van der Waals surface area contributed by atoms with Gasteiger partial charge in [0.25, 0.3) is 5.91 Å². The molecule has 2 saturated carbocycles. The molecule has 3 aliphatic rings. The highest BCUT2D eigenvalue weighted by Gasteiger charge is 2.68. The molecule has 0 radical (unpaired) electrons. The highest BCUT2D eigenvalue weighted by Crippen LogP contribution is 2.60. The molecule has 6 atom stereocenters. The number of hydrogen-bond acceptors (Lipinski definition) is 5. The zero-order valence-electron chi connectivity index (χ0n) is 14.5. The molecule has 0 unspecified atom stereocenters. The number of fused-ring (bicyclic) bond motifs is 1. The van der Waals surface area contributed by atoms with E-state index in [0.717, 1.165) is 12.1 Å². The molecule has 1 N–H and O–H groups in total. The van der Waals surface area contributed by atoms with Crippen LogP contribution in [0.2, 0.25) is 5.02 Å². The Morgan fingerprint density at radius 1 is 1.31 bits per heavy atom. The fourth-order valence-electron chi connectivity index (χ4n) is 4.51. The lowest BCUT2D eigenvalue weighted by molar-refractivity contribution is -0.157. The molecular weight excluding hydrogens is 483 g/mol. The van der Waals surface area contributed by atoms with Gasteiger partial charge in [-0.15, -0.1) is 0 Å². The molecule has 1 aromatic carbocycles. The normalized spacial score (nSPS) is 32.2. The van der Waals surface area contributed by atoms with E-state index in [1.165, 1.54) is 0 Å². The van der Waals surface area contributed by atoms with E-state index in [4.69, 9.17) is 21.1 Å². The quantitative estimate of drug-likeness (QED) is 0.510. The summed E-state index contributed by atoms with van der Waals surface area (Å²) in [7, 11) is 0. The fourth-order valence-corrected chi connectivity index (χ4v) is 5.72. The van der Waals surface area contributed by atoms with Crippen molar-refractivity contribution in [3.8, 4) is 0 Å². The third-order valence-corrected chi connectivity index (χ3v) is 7.24. The van der Waals surface area contributed by atoms with Gasteiger partial charge in [0.1, 0.15) is 6.10 Å². The zero-order valence-corrected chi connectivity index (χ0v) is 16.9. The van der Waals surface area contributed by atoms with Crippen molar-refractivity contribution in [1.82, 2.24) is 0 Å². The molecule has 0 spiro atoms. The van der Waals surface area contributed by atoms with Gasteiger partial charge in [-0.3, -0.25) is 14.4 Å². The van der Waals surface area contributed by atoms with Crippen LogP contribution in [0.3, 0.4) is 0 Å². The van der Waals surface area contributed by atoms with Crippen LogP contribution in [0.4, 0.5) is 18.9 Å². The molecule has 2 bridgehead atoms. The average Bonchev–Trinajstić information content (AvgIpc) is 3.25. The molecule has 1 heterocycles. The molecule has 6 nitrogen and oxygen atoms in total. The first-order chi connectivity index (χ1) is 13.6. The summed E-state index contributed by atoms with van der Waals surface area (Å²) in [6.45, 7) is -0.711. The first-order valence-corrected chi connectivity index (χ1v) is 10.0. The minimum absolute atomic E-state index is 0.0489. The number of amides is 1. The summed E-state index contributed by atoms with van der Waals surface area (Å²) >= 11 is 9.30. The molecule has 1 saturated heterocycles. The van der Waals surface area contributed by atoms with Crippen LogP contribution in [-0.2, 0) is 30.0 Å². The van der Waals surface area contributed by atoms with Crippen molar-refractivity contribution in [2.75, 3.05) is 11.9 Å². The van der Waals surface area contributed by atoms with E-state index in [1.807, 2.05) is 0 Å². The number of hydrogen-bond donors (Lipinski definition) is 1. The average molecular weight is 497 g/mol. The predicted octanol–water partition coefficient (Wildman–Crippen LogP) is 3.41. The summed E-state index contributed by atoms with van der Waals surface area (Å²) in [4.78, 5) is 36.5. The lowest BCUT2D eigenvalue weighted by Gasteiger charge is -2.26. The monoisotopic (exact) mass is 495 g/mol. The SMILES string of the molecule is O=C(COC(=O)[C@@H]1[C@H]2C[C@H]3[C@H](OC(=O)[C@@H]31)[C@@H]2Br)Nc1cc(C(F)(F)F)ccc1Cl. The van der Waals surface area contributed by atoms with Gasteiger partial charge in [-0.25, -0.2) is 0 Å². The van der Waals surface area contributed by atoms with E-state index < -0.39 is 48.0 Å². The maximum absolute atomic E-state index is 12.8. The molecule has 3 fully saturated rings. The van der Waals surface area contributed by atoms with Crippen LogP contribution in [0.25, 0.3) is 0 Å². The van der Waals surface area contributed by atoms with Gasteiger partial charge in [-0.1, -0.05) is 27.5 Å². The second kappa shape index (κ2) is 7.16. The van der Waals surface area contributed by atoms with Gasteiger partial charge >= 0.3 is 18.1 Å². The minimum Gasteiger partial charge on any atom is -0.461 e. The second-order valence-corrected chi connectivity index (χ2v) is 8.77. The molecule has 29 heavy (non-hydrogen) atoms. The van der Waals surface area contributed by atoms with Crippen LogP contribution in [0.1, 0.15) is 12.0 Å². The summed E-state index contributed by atoms with van der Waals surface area (Å²) in [6, 6.07) is 2.50. The van der Waals surface area contributed by atoms with E-state index in [1.54, 1.807) is 0 Å². The molecule has 2 aliphatic carbocycles. The van der Waals surface area contributed by atoms with Crippen LogP contribution in [0.15, 0.2) is 18.2 Å². The number of benzene rings is 1. The van der Waals surface area contributed by atoms with Crippen LogP contribution in [-0.4, -0.2) is 35.4 Å². The lowest BCUT2D eigenvalue weighted by atomic mass is 9.80. The number of anilines is 1. The Bertz CT molecular complexity index is 895. The molecule has 1 aromatic rings. The van der Waals surface area contributed by atoms with Crippen molar-refractivity contribution < 1.29 is 37.0 Å². The standard InChI is InChI=1S/C18H14BrClF3NO5/c19-14-7-4-8-13(17(27)29-15(8)14)12(7)16(26)28-5-11(25)24-10-3-6(18(21,22)23)1-2-9(10)20/h1-3,7-8,12-15H,4-5H2,(H,24,25)/t7-,8-,12-,13+,14-,15+/m1/s1. The number of halogens is 5. The van der Waals surface area contributed by atoms with Crippen molar-refractivity contribution in [3.05, 3.63) is 28.8 Å². The Hall–Kier alpha value is -1.81. The Balaban J connectivity index is 1.38. The predicted molar refractivity (Wildman–Crippen MR) is 97.2 cm³/mol. The van der Waals surface area contributed by atoms with Crippen molar-refractivity contribution in [1.29, 1.82) is 0 Å². The summed E-state index contributed by atoms with van der Waals surface area (Å²) < 4.78 is 48.8. The van der Waals surface area contributed by atoms with Gasteiger partial charge in [-0.05, 0) is 30.5 Å². The number of rotatable bonds is 4. The Kier molecular flexibility index (Phi) is 5.05. The largest absolute Gasteiger partial charge is 0.461 e. The molecular formula is C18H14BrClF3NO5.